The highest BCUT2D eigenvalue weighted by atomic mass is 19.1. The van der Waals surface area contributed by atoms with Crippen molar-refractivity contribution in [2.45, 2.75) is 13.2 Å². The zero-order chi connectivity index (χ0) is 25.5. The second kappa shape index (κ2) is 11.3. The smallest absolute Gasteiger partial charge is 0.259 e. The lowest BCUT2D eigenvalue weighted by Crippen LogP contribution is -2.31. The van der Waals surface area contributed by atoms with Crippen molar-refractivity contribution in [3.8, 4) is 17.2 Å². The van der Waals surface area contributed by atoms with Gasteiger partial charge in [0.1, 0.15) is 18.2 Å². The van der Waals surface area contributed by atoms with Gasteiger partial charge in [-0.05, 0) is 42.0 Å². The number of nitrogens with zero attached hydrogens (tertiary/aromatic N) is 2. The van der Waals surface area contributed by atoms with E-state index < -0.39 is 17.5 Å². The van der Waals surface area contributed by atoms with Crippen LogP contribution in [0.3, 0.4) is 0 Å². The minimum Gasteiger partial charge on any atom is -0.493 e. The summed E-state index contributed by atoms with van der Waals surface area (Å²) in [4.78, 5) is 19.1. The summed E-state index contributed by atoms with van der Waals surface area (Å²) >= 11 is 0. The maximum absolute atomic E-state index is 14.8. The van der Waals surface area contributed by atoms with Gasteiger partial charge >= 0.3 is 0 Å². The quantitative estimate of drug-likeness (QED) is 0.297. The third-order valence-corrected chi connectivity index (χ3v) is 5.43. The normalized spacial score (nSPS) is 10.6. The van der Waals surface area contributed by atoms with E-state index in [4.69, 9.17) is 14.2 Å². The first kappa shape index (κ1) is 24.7. The second-order valence-electron chi connectivity index (χ2n) is 7.79. The van der Waals surface area contributed by atoms with E-state index >= 15 is 0 Å². The van der Waals surface area contributed by atoms with Crippen LogP contribution in [-0.4, -0.2) is 25.1 Å². The lowest BCUT2D eigenvalue weighted by molar-refractivity contribution is 0.0983. The molecule has 0 saturated heterocycles. The SMILES string of the molecule is COc1cc(C(=O)N(Cc2ccccn2)c2ccc(F)cc2F)cc(OC)c1OCc1ccccc1. The molecule has 0 aliphatic heterocycles. The molecule has 4 rings (SSSR count). The van der Waals surface area contributed by atoms with Crippen LogP contribution in [0.4, 0.5) is 14.5 Å². The van der Waals surface area contributed by atoms with Crippen molar-refractivity contribution in [2.75, 3.05) is 19.1 Å². The van der Waals surface area contributed by atoms with Crippen LogP contribution in [0, 0.1) is 11.6 Å². The standard InChI is InChI=1S/C28H24F2N2O4/c1-34-25-14-20(15-26(35-2)27(25)36-18-19-8-4-3-5-9-19)28(33)32(17-22-10-6-7-13-31-22)24-12-11-21(29)16-23(24)30/h3-16H,17-18H2,1-2H3. The summed E-state index contributed by atoms with van der Waals surface area (Å²) in [6, 6.07) is 20.8. The number of methoxy groups -OCH3 is 2. The molecule has 0 aliphatic rings. The molecule has 1 aromatic heterocycles. The van der Waals surface area contributed by atoms with Crippen molar-refractivity contribution in [1.29, 1.82) is 0 Å². The minimum atomic E-state index is -0.874. The molecular formula is C28H24F2N2O4. The van der Waals surface area contributed by atoms with Gasteiger partial charge in [-0.25, -0.2) is 8.78 Å². The molecule has 4 aromatic rings. The topological polar surface area (TPSA) is 60.9 Å². The maximum Gasteiger partial charge on any atom is 0.259 e. The number of hydrogen-bond donors (Lipinski definition) is 0. The van der Waals surface area contributed by atoms with Gasteiger partial charge in [0, 0.05) is 17.8 Å². The number of carbonyl (C=O) groups excluding carboxylic acids is 1. The van der Waals surface area contributed by atoms with E-state index in [-0.39, 0.29) is 35.9 Å². The Morgan fingerprint density at radius 3 is 2.19 bits per heavy atom. The number of ether oxygens (including phenoxy) is 3. The van der Waals surface area contributed by atoms with Gasteiger partial charge in [-0.3, -0.25) is 14.7 Å². The Morgan fingerprint density at radius 1 is 0.889 bits per heavy atom. The second-order valence-corrected chi connectivity index (χ2v) is 7.79. The fraction of sp³-hybridized carbons (Fsp3) is 0.143. The van der Waals surface area contributed by atoms with Crippen molar-refractivity contribution < 1.29 is 27.8 Å². The van der Waals surface area contributed by atoms with Crippen LogP contribution in [0.25, 0.3) is 0 Å². The molecule has 8 heteroatoms. The molecule has 3 aromatic carbocycles. The summed E-state index contributed by atoms with van der Waals surface area (Å²) in [6.07, 6.45) is 1.57. The van der Waals surface area contributed by atoms with Crippen LogP contribution in [0.15, 0.2) is 85.1 Å². The van der Waals surface area contributed by atoms with Crippen LogP contribution < -0.4 is 19.1 Å². The third kappa shape index (κ3) is 5.60. The van der Waals surface area contributed by atoms with Crippen molar-refractivity contribution >= 4 is 11.6 Å². The molecule has 0 atom stereocenters. The first-order valence-corrected chi connectivity index (χ1v) is 11.1. The molecule has 1 heterocycles. The number of halogens is 2. The van der Waals surface area contributed by atoms with Crippen LogP contribution in [0.5, 0.6) is 17.2 Å². The maximum atomic E-state index is 14.8. The molecule has 6 nitrogen and oxygen atoms in total. The van der Waals surface area contributed by atoms with Gasteiger partial charge in [-0.1, -0.05) is 36.4 Å². The predicted octanol–water partition coefficient (Wildman–Crippen LogP) is 5.80. The third-order valence-electron chi connectivity index (χ3n) is 5.43. The Kier molecular flexibility index (Phi) is 7.75. The van der Waals surface area contributed by atoms with E-state index in [0.717, 1.165) is 17.7 Å². The van der Waals surface area contributed by atoms with Gasteiger partial charge in [-0.15, -0.1) is 0 Å². The van der Waals surface area contributed by atoms with Gasteiger partial charge in [0.05, 0.1) is 32.1 Å². The zero-order valence-electron chi connectivity index (χ0n) is 19.8. The van der Waals surface area contributed by atoms with Crippen molar-refractivity contribution in [3.63, 3.8) is 0 Å². The summed E-state index contributed by atoms with van der Waals surface area (Å²) in [7, 11) is 2.90. The number of pyridine rings is 1. The Hall–Kier alpha value is -4.46. The predicted molar refractivity (Wildman–Crippen MR) is 131 cm³/mol. The Morgan fingerprint density at radius 2 is 1.58 bits per heavy atom. The van der Waals surface area contributed by atoms with Gasteiger partial charge in [0.15, 0.2) is 11.5 Å². The Balaban J connectivity index is 1.71. The van der Waals surface area contributed by atoms with Crippen LogP contribution in [0.2, 0.25) is 0 Å². The van der Waals surface area contributed by atoms with E-state index in [0.29, 0.717) is 11.4 Å². The number of hydrogen-bond acceptors (Lipinski definition) is 5. The Labute approximate surface area is 207 Å². The van der Waals surface area contributed by atoms with Crippen LogP contribution in [-0.2, 0) is 13.2 Å². The van der Waals surface area contributed by atoms with Crippen LogP contribution in [0.1, 0.15) is 21.6 Å². The fourth-order valence-corrected chi connectivity index (χ4v) is 3.65. The molecule has 0 unspecified atom stereocenters. The van der Waals surface area contributed by atoms with Gasteiger partial charge in [-0.2, -0.15) is 0 Å². The number of aromatic nitrogens is 1. The number of amides is 1. The lowest BCUT2D eigenvalue weighted by atomic mass is 10.1. The number of anilines is 1. The highest BCUT2D eigenvalue weighted by molar-refractivity contribution is 6.06. The molecule has 0 saturated carbocycles. The van der Waals surface area contributed by atoms with E-state index in [1.165, 1.54) is 37.3 Å². The molecule has 36 heavy (non-hydrogen) atoms. The average molecular weight is 491 g/mol. The molecule has 0 radical (unpaired) electrons. The summed E-state index contributed by atoms with van der Waals surface area (Å²) in [5, 5.41) is 0. The van der Waals surface area contributed by atoms with Gasteiger partial charge in [0.25, 0.3) is 5.91 Å². The zero-order valence-corrected chi connectivity index (χ0v) is 19.8. The molecule has 184 valence electrons. The monoisotopic (exact) mass is 490 g/mol. The average Bonchev–Trinajstić information content (AvgIpc) is 2.91. The van der Waals surface area contributed by atoms with Crippen molar-refractivity contribution in [2.24, 2.45) is 0 Å². The highest BCUT2D eigenvalue weighted by Crippen LogP contribution is 2.40. The Bertz CT molecular complexity index is 1310. The molecule has 0 spiro atoms. The summed E-state index contributed by atoms with van der Waals surface area (Å²) in [5.41, 5.74) is 1.54. The fourth-order valence-electron chi connectivity index (χ4n) is 3.65. The molecule has 0 N–H and O–H groups in total. The van der Waals surface area contributed by atoms with E-state index in [9.17, 15) is 13.6 Å². The number of carbonyl (C=O) groups is 1. The van der Waals surface area contributed by atoms with E-state index in [1.807, 2.05) is 30.3 Å². The van der Waals surface area contributed by atoms with E-state index in [2.05, 4.69) is 4.98 Å². The van der Waals surface area contributed by atoms with E-state index in [1.54, 1.807) is 24.4 Å². The molecule has 0 aliphatic carbocycles. The molecular weight excluding hydrogens is 466 g/mol. The molecule has 0 fully saturated rings. The molecule has 0 bridgehead atoms. The van der Waals surface area contributed by atoms with Crippen LogP contribution >= 0.6 is 0 Å². The van der Waals surface area contributed by atoms with Crippen molar-refractivity contribution in [3.05, 3.63) is 114 Å². The summed E-state index contributed by atoms with van der Waals surface area (Å²) < 4.78 is 45.3. The summed E-state index contributed by atoms with van der Waals surface area (Å²) in [5.74, 6) is -1.32. The first-order valence-electron chi connectivity index (χ1n) is 11.1. The lowest BCUT2D eigenvalue weighted by Gasteiger charge is -2.24. The largest absolute Gasteiger partial charge is 0.493 e. The van der Waals surface area contributed by atoms with Crippen molar-refractivity contribution in [1.82, 2.24) is 4.98 Å². The number of benzene rings is 3. The van der Waals surface area contributed by atoms with Gasteiger partial charge in [0.2, 0.25) is 5.75 Å². The minimum absolute atomic E-state index is 0.0425. The van der Waals surface area contributed by atoms with Gasteiger partial charge < -0.3 is 14.2 Å². The number of rotatable bonds is 9. The first-order chi connectivity index (χ1) is 17.5. The highest BCUT2D eigenvalue weighted by Gasteiger charge is 2.25. The molecule has 1 amide bonds. The summed E-state index contributed by atoms with van der Waals surface area (Å²) in [6.45, 7) is 0.215.